The number of benzene rings is 2. The van der Waals surface area contributed by atoms with Gasteiger partial charge in [0.25, 0.3) is 5.91 Å². The number of hydrogen-bond donors (Lipinski definition) is 0. The zero-order valence-electron chi connectivity index (χ0n) is 17.7. The zero-order chi connectivity index (χ0) is 22.2. The van der Waals surface area contributed by atoms with Crippen LogP contribution in [0.25, 0.3) is 10.2 Å². The Labute approximate surface area is 185 Å². The molecule has 0 spiro atoms. The third-order valence-electron chi connectivity index (χ3n) is 5.57. The van der Waals surface area contributed by atoms with E-state index in [1.54, 1.807) is 7.11 Å². The number of methoxy groups -OCH3 is 1. The summed E-state index contributed by atoms with van der Waals surface area (Å²) in [6, 6.07) is 11.7. The Morgan fingerprint density at radius 2 is 1.94 bits per heavy atom. The minimum absolute atomic E-state index is 0.206. The highest BCUT2D eigenvalue weighted by Gasteiger charge is 2.28. The molecular weight excluding hydrogens is 434 g/mol. The van der Waals surface area contributed by atoms with Gasteiger partial charge in [-0.2, -0.15) is 9.30 Å². The number of aromatic nitrogens is 1. The molecule has 0 radical (unpaired) electrons. The fourth-order valence-electron chi connectivity index (χ4n) is 3.78. The topological polar surface area (TPSA) is 81.0 Å². The molecule has 9 heteroatoms. The zero-order valence-corrected chi connectivity index (χ0v) is 19.4. The summed E-state index contributed by atoms with van der Waals surface area (Å²) in [6.45, 7) is 3.14. The Morgan fingerprint density at radius 3 is 2.61 bits per heavy atom. The minimum Gasteiger partial charge on any atom is -0.497 e. The number of sulfonamides is 1. The van der Waals surface area contributed by atoms with Crippen LogP contribution in [0.15, 0.2) is 52.4 Å². The van der Waals surface area contributed by atoms with E-state index in [0.29, 0.717) is 29.4 Å². The van der Waals surface area contributed by atoms with Crippen molar-refractivity contribution in [3.8, 4) is 5.75 Å². The normalized spacial score (nSPS) is 18.4. The van der Waals surface area contributed by atoms with Gasteiger partial charge in [-0.05, 0) is 61.2 Å². The van der Waals surface area contributed by atoms with Crippen LogP contribution in [0.1, 0.15) is 30.1 Å². The van der Waals surface area contributed by atoms with Crippen LogP contribution in [-0.2, 0) is 17.1 Å². The lowest BCUT2D eigenvalue weighted by molar-refractivity contribution is 0.0998. The molecule has 1 aliphatic rings. The Morgan fingerprint density at radius 1 is 1.19 bits per heavy atom. The molecule has 7 nitrogen and oxygen atoms in total. The number of aryl methyl sites for hydroxylation is 1. The molecule has 0 aliphatic carbocycles. The number of amides is 1. The Kier molecular flexibility index (Phi) is 6.00. The van der Waals surface area contributed by atoms with Crippen LogP contribution in [0.3, 0.4) is 0 Å². The van der Waals surface area contributed by atoms with E-state index in [1.807, 2.05) is 29.8 Å². The molecule has 2 heterocycles. The highest BCUT2D eigenvalue weighted by molar-refractivity contribution is 7.89. The molecule has 1 aliphatic heterocycles. The minimum atomic E-state index is -3.55. The molecule has 1 aromatic heterocycles. The van der Waals surface area contributed by atoms with Crippen LogP contribution in [0.2, 0.25) is 0 Å². The van der Waals surface area contributed by atoms with Crippen molar-refractivity contribution < 1.29 is 17.9 Å². The van der Waals surface area contributed by atoms with Crippen LogP contribution in [0.5, 0.6) is 5.75 Å². The SMILES string of the molecule is COc1ccc2c(c1)sc(=NC(=O)c1ccc(S(=O)(=O)N3CCC[C@H](C)C3)cc1)n2C. The Bertz CT molecular complexity index is 1290. The summed E-state index contributed by atoms with van der Waals surface area (Å²) in [5.74, 6) is 0.682. The molecular formula is C22H25N3O4S2. The molecule has 164 valence electrons. The van der Waals surface area contributed by atoms with Crippen molar-refractivity contribution in [1.29, 1.82) is 0 Å². The number of rotatable bonds is 4. The lowest BCUT2D eigenvalue weighted by Crippen LogP contribution is -2.39. The van der Waals surface area contributed by atoms with Gasteiger partial charge in [0.15, 0.2) is 4.80 Å². The maximum Gasteiger partial charge on any atom is 0.279 e. The second kappa shape index (κ2) is 8.57. The van der Waals surface area contributed by atoms with E-state index in [9.17, 15) is 13.2 Å². The first-order valence-electron chi connectivity index (χ1n) is 10.1. The number of fused-ring (bicyclic) bond motifs is 1. The summed E-state index contributed by atoms with van der Waals surface area (Å²) in [6.07, 6.45) is 1.91. The standard InChI is InChI=1S/C22H25N3O4S2/c1-15-5-4-12-25(14-15)31(27,28)18-9-6-16(7-10-18)21(26)23-22-24(2)19-11-8-17(29-3)13-20(19)30-22/h6-11,13,15H,4-5,12,14H2,1-3H3/t15-/m0/s1. The summed E-state index contributed by atoms with van der Waals surface area (Å²) >= 11 is 1.40. The second-order valence-electron chi connectivity index (χ2n) is 7.83. The lowest BCUT2D eigenvalue weighted by Gasteiger charge is -2.30. The van der Waals surface area contributed by atoms with Crippen molar-refractivity contribution >= 4 is 37.5 Å². The molecule has 0 N–H and O–H groups in total. The maximum atomic E-state index is 12.9. The first kappa shape index (κ1) is 21.7. The van der Waals surface area contributed by atoms with E-state index in [0.717, 1.165) is 28.8 Å². The second-order valence-corrected chi connectivity index (χ2v) is 10.8. The molecule has 2 aromatic carbocycles. The van der Waals surface area contributed by atoms with Crippen molar-refractivity contribution in [3.63, 3.8) is 0 Å². The molecule has 1 amide bonds. The average molecular weight is 460 g/mol. The Hall–Kier alpha value is -2.49. The van der Waals surface area contributed by atoms with E-state index in [-0.39, 0.29) is 4.90 Å². The maximum absolute atomic E-state index is 12.9. The molecule has 1 atom stereocenters. The molecule has 3 aromatic rings. The third kappa shape index (κ3) is 4.30. The largest absolute Gasteiger partial charge is 0.497 e. The van der Waals surface area contributed by atoms with E-state index in [4.69, 9.17) is 4.74 Å². The van der Waals surface area contributed by atoms with Crippen molar-refractivity contribution in [2.75, 3.05) is 20.2 Å². The molecule has 0 saturated carbocycles. The van der Waals surface area contributed by atoms with E-state index in [1.165, 1.54) is 39.9 Å². The molecule has 0 unspecified atom stereocenters. The van der Waals surface area contributed by atoms with Crippen molar-refractivity contribution in [2.24, 2.45) is 18.0 Å². The number of thiazole rings is 1. The first-order valence-corrected chi connectivity index (χ1v) is 12.4. The van der Waals surface area contributed by atoms with Crippen LogP contribution >= 0.6 is 11.3 Å². The van der Waals surface area contributed by atoms with Gasteiger partial charge in [-0.15, -0.1) is 0 Å². The highest BCUT2D eigenvalue weighted by Crippen LogP contribution is 2.24. The number of hydrogen-bond acceptors (Lipinski definition) is 5. The fourth-order valence-corrected chi connectivity index (χ4v) is 6.43. The van der Waals surface area contributed by atoms with Gasteiger partial charge in [-0.25, -0.2) is 8.42 Å². The number of ether oxygens (including phenoxy) is 1. The van der Waals surface area contributed by atoms with Gasteiger partial charge in [0.2, 0.25) is 10.0 Å². The van der Waals surface area contributed by atoms with Crippen LogP contribution in [-0.4, -0.2) is 43.4 Å². The molecule has 1 saturated heterocycles. The molecule has 4 rings (SSSR count). The van der Waals surface area contributed by atoms with Gasteiger partial charge < -0.3 is 9.30 Å². The van der Waals surface area contributed by atoms with E-state index >= 15 is 0 Å². The van der Waals surface area contributed by atoms with Crippen LogP contribution < -0.4 is 9.54 Å². The number of piperidine rings is 1. The molecule has 1 fully saturated rings. The average Bonchev–Trinajstić information content (AvgIpc) is 3.08. The number of nitrogens with zero attached hydrogens (tertiary/aromatic N) is 3. The highest BCUT2D eigenvalue weighted by atomic mass is 32.2. The van der Waals surface area contributed by atoms with Crippen LogP contribution in [0.4, 0.5) is 0 Å². The quantitative estimate of drug-likeness (QED) is 0.599. The Balaban J connectivity index is 1.60. The monoisotopic (exact) mass is 459 g/mol. The summed E-state index contributed by atoms with van der Waals surface area (Å²) in [5, 5.41) is 0. The first-order chi connectivity index (χ1) is 14.8. The summed E-state index contributed by atoms with van der Waals surface area (Å²) < 4.78 is 35.4. The summed E-state index contributed by atoms with van der Waals surface area (Å²) in [7, 11) is -0.0852. The van der Waals surface area contributed by atoms with Gasteiger partial charge >= 0.3 is 0 Å². The van der Waals surface area contributed by atoms with E-state index in [2.05, 4.69) is 11.9 Å². The fraction of sp³-hybridized carbons (Fsp3) is 0.364. The molecule has 31 heavy (non-hydrogen) atoms. The van der Waals surface area contributed by atoms with E-state index < -0.39 is 15.9 Å². The summed E-state index contributed by atoms with van der Waals surface area (Å²) in [5.41, 5.74) is 1.30. The predicted molar refractivity (Wildman–Crippen MR) is 121 cm³/mol. The smallest absolute Gasteiger partial charge is 0.279 e. The van der Waals surface area contributed by atoms with Crippen LogP contribution in [0, 0.1) is 5.92 Å². The van der Waals surface area contributed by atoms with Gasteiger partial charge in [-0.3, -0.25) is 4.79 Å². The van der Waals surface area contributed by atoms with Gasteiger partial charge in [0, 0.05) is 25.7 Å². The predicted octanol–water partition coefficient (Wildman–Crippen LogP) is 3.41. The van der Waals surface area contributed by atoms with Gasteiger partial charge in [-0.1, -0.05) is 18.3 Å². The summed E-state index contributed by atoms with van der Waals surface area (Å²) in [4.78, 5) is 17.7. The number of carbonyl (C=O) groups is 1. The molecule has 0 bridgehead atoms. The van der Waals surface area contributed by atoms with Gasteiger partial charge in [0.1, 0.15) is 5.75 Å². The van der Waals surface area contributed by atoms with Crippen molar-refractivity contribution in [2.45, 2.75) is 24.7 Å². The lowest BCUT2D eigenvalue weighted by atomic mass is 10.0. The van der Waals surface area contributed by atoms with Crippen molar-refractivity contribution in [3.05, 3.63) is 52.8 Å². The van der Waals surface area contributed by atoms with Crippen molar-refractivity contribution in [1.82, 2.24) is 8.87 Å². The third-order valence-corrected chi connectivity index (χ3v) is 8.55. The number of carbonyl (C=O) groups excluding carboxylic acids is 1. The van der Waals surface area contributed by atoms with Gasteiger partial charge in [0.05, 0.1) is 22.2 Å².